The van der Waals surface area contributed by atoms with Gasteiger partial charge < -0.3 is 11.1 Å². The highest BCUT2D eigenvalue weighted by atomic mass is 19.4. The van der Waals surface area contributed by atoms with Crippen molar-refractivity contribution in [2.24, 2.45) is 0 Å². The smallest absolute Gasteiger partial charge is 0.368 e. The lowest BCUT2D eigenvalue weighted by Gasteiger charge is -2.15. The number of hydrogen-bond acceptors (Lipinski definition) is 6. The molecule has 0 saturated carbocycles. The second-order valence-electron chi connectivity index (χ2n) is 7.31. The number of nitrogens with two attached hydrogens (primary N) is 1. The maximum Gasteiger partial charge on any atom is 0.416 e. The molecule has 4 aromatic rings. The molecule has 0 bridgehead atoms. The Hall–Kier alpha value is -4.28. The zero-order chi connectivity index (χ0) is 23.9. The summed E-state index contributed by atoms with van der Waals surface area (Å²) in [6, 6.07) is 8.92. The molecule has 0 atom stereocenters. The summed E-state index contributed by atoms with van der Waals surface area (Å²) in [4.78, 5) is 37.2. The maximum atomic E-state index is 13.0. The molecule has 2 aromatic heterocycles. The monoisotopic (exact) mass is 454 g/mol. The normalized spacial score (nSPS) is 11.5. The topological polar surface area (TPSA) is 116 Å². The van der Waals surface area contributed by atoms with Crippen LogP contribution in [0.25, 0.3) is 16.7 Å². The average Bonchev–Trinajstić information content (AvgIpc) is 2.75. The molecule has 1 amide bonds. The molecule has 2 aromatic carbocycles. The lowest BCUT2D eigenvalue weighted by molar-refractivity contribution is -0.137. The van der Waals surface area contributed by atoms with E-state index in [1.54, 1.807) is 32.0 Å². The van der Waals surface area contributed by atoms with Crippen LogP contribution in [0.2, 0.25) is 0 Å². The average molecular weight is 454 g/mol. The number of alkyl halides is 3. The SMILES string of the molecule is Cc1ccc(NC(=O)c2cccc(C(F)(F)F)c2)cc1-n1c(C)c2cnc(N)nc2nc1=O. The van der Waals surface area contributed by atoms with E-state index in [-0.39, 0.29) is 22.8 Å². The number of benzene rings is 2. The molecule has 0 fully saturated rings. The van der Waals surface area contributed by atoms with E-state index >= 15 is 0 Å². The van der Waals surface area contributed by atoms with Crippen LogP contribution in [-0.4, -0.2) is 25.4 Å². The summed E-state index contributed by atoms with van der Waals surface area (Å²) in [7, 11) is 0. The zero-order valence-corrected chi connectivity index (χ0v) is 17.4. The van der Waals surface area contributed by atoms with Crippen LogP contribution in [0.4, 0.5) is 24.8 Å². The molecule has 0 aliphatic carbocycles. The summed E-state index contributed by atoms with van der Waals surface area (Å²) in [5.41, 5.74) is 5.99. The van der Waals surface area contributed by atoms with Crippen molar-refractivity contribution in [1.82, 2.24) is 19.5 Å². The van der Waals surface area contributed by atoms with Crippen LogP contribution >= 0.6 is 0 Å². The second kappa shape index (κ2) is 8.01. The number of nitrogen functional groups attached to an aromatic ring is 1. The zero-order valence-electron chi connectivity index (χ0n) is 17.4. The van der Waals surface area contributed by atoms with Crippen molar-refractivity contribution in [2.45, 2.75) is 20.0 Å². The molecule has 33 heavy (non-hydrogen) atoms. The van der Waals surface area contributed by atoms with Gasteiger partial charge in [-0.1, -0.05) is 12.1 Å². The molecule has 11 heteroatoms. The third-order valence-corrected chi connectivity index (χ3v) is 5.07. The largest absolute Gasteiger partial charge is 0.416 e. The predicted octanol–water partition coefficient (Wildman–Crippen LogP) is 3.65. The number of carbonyl (C=O) groups is 1. The highest BCUT2D eigenvalue weighted by Gasteiger charge is 2.31. The van der Waals surface area contributed by atoms with E-state index in [1.165, 1.54) is 16.8 Å². The number of rotatable bonds is 3. The molecule has 2 heterocycles. The van der Waals surface area contributed by atoms with Gasteiger partial charge in [0.1, 0.15) is 0 Å². The molecule has 168 valence electrons. The number of anilines is 2. The van der Waals surface area contributed by atoms with E-state index < -0.39 is 23.3 Å². The van der Waals surface area contributed by atoms with E-state index in [4.69, 9.17) is 5.73 Å². The highest BCUT2D eigenvalue weighted by Crippen LogP contribution is 2.30. The van der Waals surface area contributed by atoms with Crippen LogP contribution in [0.15, 0.2) is 53.5 Å². The molecule has 0 aliphatic rings. The van der Waals surface area contributed by atoms with Crippen LogP contribution < -0.4 is 16.7 Å². The van der Waals surface area contributed by atoms with Gasteiger partial charge in [-0.25, -0.2) is 9.78 Å². The van der Waals surface area contributed by atoms with Gasteiger partial charge in [-0.2, -0.15) is 23.1 Å². The summed E-state index contributed by atoms with van der Waals surface area (Å²) in [6.07, 6.45) is -3.10. The Morgan fingerprint density at radius 2 is 1.85 bits per heavy atom. The van der Waals surface area contributed by atoms with E-state index in [0.29, 0.717) is 22.3 Å². The molecule has 0 aliphatic heterocycles. The first-order valence-electron chi connectivity index (χ1n) is 9.66. The minimum Gasteiger partial charge on any atom is -0.368 e. The minimum atomic E-state index is -4.57. The van der Waals surface area contributed by atoms with Gasteiger partial charge in [0.2, 0.25) is 5.95 Å². The Morgan fingerprint density at radius 3 is 2.58 bits per heavy atom. The van der Waals surface area contributed by atoms with Crippen molar-refractivity contribution < 1.29 is 18.0 Å². The molecule has 0 unspecified atom stereocenters. The van der Waals surface area contributed by atoms with E-state index in [2.05, 4.69) is 20.3 Å². The summed E-state index contributed by atoms with van der Waals surface area (Å²) >= 11 is 0. The van der Waals surface area contributed by atoms with Gasteiger partial charge in [0, 0.05) is 23.1 Å². The first-order valence-corrected chi connectivity index (χ1v) is 9.66. The number of hydrogen-bond donors (Lipinski definition) is 2. The number of aromatic nitrogens is 4. The first-order chi connectivity index (χ1) is 15.5. The van der Waals surface area contributed by atoms with Crippen molar-refractivity contribution in [3.05, 3.63) is 81.5 Å². The van der Waals surface area contributed by atoms with Gasteiger partial charge >= 0.3 is 11.9 Å². The van der Waals surface area contributed by atoms with Crippen molar-refractivity contribution in [3.8, 4) is 5.69 Å². The number of amides is 1. The van der Waals surface area contributed by atoms with Crippen molar-refractivity contribution >= 4 is 28.6 Å². The van der Waals surface area contributed by atoms with E-state index in [9.17, 15) is 22.8 Å². The Morgan fingerprint density at radius 1 is 1.09 bits per heavy atom. The van der Waals surface area contributed by atoms with Crippen LogP contribution in [0.3, 0.4) is 0 Å². The lowest BCUT2D eigenvalue weighted by atomic mass is 10.1. The minimum absolute atomic E-state index is 0.0120. The Kier molecular flexibility index (Phi) is 5.32. The number of aryl methyl sites for hydroxylation is 2. The van der Waals surface area contributed by atoms with Gasteiger partial charge in [0.15, 0.2) is 5.65 Å². The summed E-state index contributed by atoms with van der Waals surface area (Å²) in [5.74, 6) is -0.734. The fourth-order valence-corrected chi connectivity index (χ4v) is 3.38. The van der Waals surface area contributed by atoms with Gasteiger partial charge in [-0.05, 0) is 49.7 Å². The second-order valence-corrected chi connectivity index (χ2v) is 7.31. The van der Waals surface area contributed by atoms with Gasteiger partial charge in [-0.3, -0.25) is 9.36 Å². The fraction of sp³-hybridized carbons (Fsp3) is 0.136. The highest BCUT2D eigenvalue weighted by molar-refractivity contribution is 6.04. The van der Waals surface area contributed by atoms with E-state index in [0.717, 1.165) is 18.2 Å². The quantitative estimate of drug-likeness (QED) is 0.488. The fourth-order valence-electron chi connectivity index (χ4n) is 3.38. The molecule has 0 saturated heterocycles. The van der Waals surface area contributed by atoms with Crippen LogP contribution in [0, 0.1) is 13.8 Å². The summed E-state index contributed by atoms with van der Waals surface area (Å²) in [6.45, 7) is 3.46. The Balaban J connectivity index is 1.73. The molecule has 3 N–H and O–H groups in total. The van der Waals surface area contributed by atoms with Crippen molar-refractivity contribution in [2.75, 3.05) is 11.1 Å². The lowest BCUT2D eigenvalue weighted by Crippen LogP contribution is -2.25. The van der Waals surface area contributed by atoms with Crippen LogP contribution in [0.5, 0.6) is 0 Å². The number of nitrogens with one attached hydrogen (secondary N) is 1. The molecular weight excluding hydrogens is 437 g/mol. The van der Waals surface area contributed by atoms with Gasteiger partial charge in [0.25, 0.3) is 5.91 Å². The number of fused-ring (bicyclic) bond motifs is 1. The van der Waals surface area contributed by atoms with Crippen LogP contribution in [-0.2, 0) is 6.18 Å². The summed E-state index contributed by atoms with van der Waals surface area (Å²) in [5, 5.41) is 3.09. The molecule has 0 spiro atoms. The Labute approximate surface area is 184 Å². The van der Waals surface area contributed by atoms with Crippen LogP contribution in [0.1, 0.15) is 27.2 Å². The Bertz CT molecular complexity index is 1460. The standard InChI is InChI=1S/C22H17F3N6O2/c1-11-6-7-15(28-19(32)13-4-3-5-14(8-13)22(23,24)25)9-17(11)31-12(2)16-10-27-20(26)29-18(16)30-21(31)33/h3-10H,1-2H3,(H,28,32)(H2,26,29,30,33). The van der Waals surface area contributed by atoms with E-state index in [1.807, 2.05) is 0 Å². The van der Waals surface area contributed by atoms with Crippen molar-refractivity contribution in [1.29, 1.82) is 0 Å². The third kappa shape index (κ3) is 4.25. The molecular formula is C22H17F3N6O2. The van der Waals surface area contributed by atoms with Gasteiger partial charge in [-0.15, -0.1) is 0 Å². The number of carbonyl (C=O) groups excluding carboxylic acids is 1. The molecule has 0 radical (unpaired) electrons. The summed E-state index contributed by atoms with van der Waals surface area (Å²) < 4.78 is 40.2. The van der Waals surface area contributed by atoms with Gasteiger partial charge in [0.05, 0.1) is 16.6 Å². The predicted molar refractivity (Wildman–Crippen MR) is 116 cm³/mol. The van der Waals surface area contributed by atoms with Crippen molar-refractivity contribution in [3.63, 3.8) is 0 Å². The number of halogens is 3. The third-order valence-electron chi connectivity index (χ3n) is 5.07. The molecule has 8 nitrogen and oxygen atoms in total. The molecule has 4 rings (SSSR count). The maximum absolute atomic E-state index is 13.0. The number of nitrogens with zero attached hydrogens (tertiary/aromatic N) is 4. The first kappa shape index (κ1) is 21.9.